The van der Waals surface area contributed by atoms with Gasteiger partial charge in [-0.15, -0.1) is 0 Å². The molecule has 0 aliphatic carbocycles. The standard InChI is InChI=1S/C11H23N2/c1-3-5-7-9-13(11-12)10-8-6-4-2/h12H,3-10H2,1-2H3. The number of unbranched alkanes of at least 4 members (excludes halogenated alkanes) is 4. The molecule has 77 valence electrons. The molecule has 0 aliphatic rings. The second kappa shape index (κ2) is 9.56. The van der Waals surface area contributed by atoms with Crippen molar-refractivity contribution in [2.75, 3.05) is 13.1 Å². The molecule has 2 nitrogen and oxygen atoms in total. The molecule has 0 aromatic heterocycles. The molecule has 0 rings (SSSR count). The highest BCUT2D eigenvalue weighted by Gasteiger charge is 1.98. The monoisotopic (exact) mass is 183 g/mol. The molecule has 1 radical (unpaired) electrons. The average molecular weight is 183 g/mol. The lowest BCUT2D eigenvalue weighted by atomic mass is 10.2. The Morgan fingerprint density at radius 1 is 0.923 bits per heavy atom. The van der Waals surface area contributed by atoms with E-state index >= 15 is 0 Å². The summed E-state index contributed by atoms with van der Waals surface area (Å²) in [6.45, 7) is 6.44. The SMILES string of the molecule is CCCCCN([C]=N)CCCCC. The molecule has 0 saturated carbocycles. The van der Waals surface area contributed by atoms with Gasteiger partial charge in [-0.25, -0.2) is 0 Å². The Labute approximate surface area is 82.8 Å². The van der Waals surface area contributed by atoms with Crippen molar-refractivity contribution in [2.45, 2.75) is 52.4 Å². The van der Waals surface area contributed by atoms with E-state index in [-0.39, 0.29) is 0 Å². The highest BCUT2D eigenvalue weighted by molar-refractivity contribution is 5.50. The van der Waals surface area contributed by atoms with Gasteiger partial charge in [-0.05, 0) is 12.8 Å². The predicted molar refractivity (Wildman–Crippen MR) is 58.3 cm³/mol. The first-order chi connectivity index (χ1) is 6.35. The van der Waals surface area contributed by atoms with Gasteiger partial charge < -0.3 is 4.90 Å². The molecular formula is C11H23N2. The molecule has 0 bridgehead atoms. The smallest absolute Gasteiger partial charge is 0.163 e. The topological polar surface area (TPSA) is 27.1 Å². The fraction of sp³-hybridized carbons (Fsp3) is 0.909. The quantitative estimate of drug-likeness (QED) is 0.253. The van der Waals surface area contributed by atoms with Crippen LogP contribution in [0.3, 0.4) is 0 Å². The van der Waals surface area contributed by atoms with E-state index in [1.165, 1.54) is 38.5 Å². The van der Waals surface area contributed by atoms with Crippen LogP contribution in [0.4, 0.5) is 0 Å². The molecule has 2 heteroatoms. The van der Waals surface area contributed by atoms with Crippen LogP contribution >= 0.6 is 0 Å². The fourth-order valence-electron chi connectivity index (χ4n) is 1.33. The van der Waals surface area contributed by atoms with Gasteiger partial charge in [0.25, 0.3) is 0 Å². The van der Waals surface area contributed by atoms with Gasteiger partial charge in [-0.2, -0.15) is 0 Å². The summed E-state index contributed by atoms with van der Waals surface area (Å²) >= 11 is 0. The van der Waals surface area contributed by atoms with E-state index in [0.29, 0.717) is 0 Å². The van der Waals surface area contributed by atoms with Crippen LogP contribution in [-0.4, -0.2) is 24.3 Å². The minimum absolute atomic E-state index is 1.01. The lowest BCUT2D eigenvalue weighted by Gasteiger charge is -2.17. The van der Waals surface area contributed by atoms with Crippen molar-refractivity contribution in [3.63, 3.8) is 0 Å². The van der Waals surface area contributed by atoms with Crippen LogP contribution in [0.1, 0.15) is 52.4 Å². The molecular weight excluding hydrogens is 160 g/mol. The summed E-state index contributed by atoms with van der Waals surface area (Å²) in [5, 5.41) is 7.11. The Hall–Kier alpha value is -0.530. The van der Waals surface area contributed by atoms with Crippen LogP contribution in [-0.2, 0) is 0 Å². The van der Waals surface area contributed by atoms with Crippen LogP contribution in [0.25, 0.3) is 0 Å². The van der Waals surface area contributed by atoms with E-state index in [1.54, 1.807) is 0 Å². The minimum Gasteiger partial charge on any atom is -0.354 e. The molecule has 0 heterocycles. The maximum absolute atomic E-state index is 7.11. The predicted octanol–water partition coefficient (Wildman–Crippen LogP) is 3.15. The maximum atomic E-state index is 7.11. The largest absolute Gasteiger partial charge is 0.354 e. The average Bonchev–Trinajstić information content (AvgIpc) is 2.16. The van der Waals surface area contributed by atoms with Gasteiger partial charge in [0.2, 0.25) is 0 Å². The van der Waals surface area contributed by atoms with Crippen molar-refractivity contribution in [1.82, 2.24) is 4.90 Å². The molecule has 0 amide bonds. The van der Waals surface area contributed by atoms with Gasteiger partial charge >= 0.3 is 0 Å². The lowest BCUT2D eigenvalue weighted by molar-refractivity contribution is 0.398. The zero-order valence-electron chi connectivity index (χ0n) is 9.10. The first-order valence-electron chi connectivity index (χ1n) is 5.52. The van der Waals surface area contributed by atoms with Crippen molar-refractivity contribution >= 4 is 6.34 Å². The molecule has 0 unspecified atom stereocenters. The van der Waals surface area contributed by atoms with Gasteiger partial charge in [0, 0.05) is 13.1 Å². The van der Waals surface area contributed by atoms with Crippen molar-refractivity contribution in [1.29, 1.82) is 5.41 Å². The lowest BCUT2D eigenvalue weighted by Crippen LogP contribution is -2.23. The highest BCUT2D eigenvalue weighted by atomic mass is 15.1. The van der Waals surface area contributed by atoms with Crippen molar-refractivity contribution in [3.8, 4) is 0 Å². The van der Waals surface area contributed by atoms with Crippen LogP contribution < -0.4 is 0 Å². The molecule has 0 atom stereocenters. The van der Waals surface area contributed by atoms with Crippen molar-refractivity contribution in [3.05, 3.63) is 0 Å². The Bertz CT molecular complexity index is 103. The Morgan fingerprint density at radius 3 is 1.69 bits per heavy atom. The summed E-state index contributed by atoms with van der Waals surface area (Å²) in [4.78, 5) is 2.01. The van der Waals surface area contributed by atoms with E-state index in [4.69, 9.17) is 5.41 Å². The number of rotatable bonds is 9. The number of nitrogens with one attached hydrogen (secondary N) is 1. The highest BCUT2D eigenvalue weighted by Crippen LogP contribution is 2.00. The Morgan fingerprint density at radius 2 is 1.38 bits per heavy atom. The van der Waals surface area contributed by atoms with E-state index in [9.17, 15) is 0 Å². The van der Waals surface area contributed by atoms with Crippen LogP contribution in [0.15, 0.2) is 0 Å². The van der Waals surface area contributed by atoms with E-state index in [1.807, 2.05) is 4.90 Å². The molecule has 0 aliphatic heterocycles. The molecule has 13 heavy (non-hydrogen) atoms. The van der Waals surface area contributed by atoms with Gasteiger partial charge in [0.05, 0.1) is 0 Å². The van der Waals surface area contributed by atoms with E-state index in [2.05, 4.69) is 20.2 Å². The minimum atomic E-state index is 1.01. The van der Waals surface area contributed by atoms with Gasteiger partial charge in [-0.3, -0.25) is 5.41 Å². The number of hydrogen-bond donors (Lipinski definition) is 1. The van der Waals surface area contributed by atoms with Gasteiger partial charge in [0.1, 0.15) is 0 Å². The van der Waals surface area contributed by atoms with Gasteiger partial charge in [-0.1, -0.05) is 39.5 Å². The Kier molecular flexibility index (Phi) is 9.17. The zero-order chi connectivity index (χ0) is 9.94. The van der Waals surface area contributed by atoms with Crippen LogP contribution in [0, 0.1) is 5.41 Å². The molecule has 0 aromatic rings. The summed E-state index contributed by atoms with van der Waals surface area (Å²) < 4.78 is 0. The van der Waals surface area contributed by atoms with Crippen LogP contribution in [0.5, 0.6) is 0 Å². The summed E-state index contributed by atoms with van der Waals surface area (Å²) in [5.41, 5.74) is 0. The molecule has 0 fully saturated rings. The van der Waals surface area contributed by atoms with E-state index < -0.39 is 0 Å². The summed E-state index contributed by atoms with van der Waals surface area (Å²) in [5.74, 6) is 0. The zero-order valence-corrected chi connectivity index (χ0v) is 9.10. The summed E-state index contributed by atoms with van der Waals surface area (Å²) in [7, 11) is 0. The normalized spacial score (nSPS) is 10.0. The molecule has 0 saturated heterocycles. The van der Waals surface area contributed by atoms with Crippen molar-refractivity contribution < 1.29 is 0 Å². The first-order valence-corrected chi connectivity index (χ1v) is 5.52. The van der Waals surface area contributed by atoms with Gasteiger partial charge in [0.15, 0.2) is 6.34 Å². The third-order valence-corrected chi connectivity index (χ3v) is 2.22. The first kappa shape index (κ1) is 12.5. The number of hydrogen-bond acceptors (Lipinski definition) is 1. The maximum Gasteiger partial charge on any atom is 0.163 e. The third kappa shape index (κ3) is 7.82. The van der Waals surface area contributed by atoms with Crippen molar-refractivity contribution in [2.24, 2.45) is 0 Å². The Balaban J connectivity index is 3.34. The second-order valence-electron chi connectivity index (χ2n) is 3.51. The third-order valence-electron chi connectivity index (χ3n) is 2.22. The molecule has 0 aromatic carbocycles. The summed E-state index contributed by atoms with van der Waals surface area (Å²) in [6, 6.07) is 0. The fourth-order valence-corrected chi connectivity index (χ4v) is 1.33. The molecule has 1 N–H and O–H groups in total. The second-order valence-corrected chi connectivity index (χ2v) is 3.51. The van der Waals surface area contributed by atoms with Crippen LogP contribution in [0.2, 0.25) is 0 Å². The van der Waals surface area contributed by atoms with E-state index in [0.717, 1.165) is 13.1 Å². The molecule has 0 spiro atoms. The summed E-state index contributed by atoms with van der Waals surface area (Å²) in [6.07, 6.45) is 9.95. The number of nitrogens with zero attached hydrogens (tertiary/aromatic N) is 1.